The molecule has 0 N–H and O–H groups in total. The van der Waals surface area contributed by atoms with Crippen LogP contribution in [0.25, 0.3) is 0 Å². The largest absolute Gasteiger partial charge is 0.300 e. The summed E-state index contributed by atoms with van der Waals surface area (Å²) in [4.78, 5) is 11.1. The molecule has 0 bridgehead atoms. The summed E-state index contributed by atoms with van der Waals surface area (Å²) in [6, 6.07) is 4.01. The molecule has 0 aliphatic carbocycles. The summed E-state index contributed by atoms with van der Waals surface area (Å²) in [6.45, 7) is 4.75. The van der Waals surface area contributed by atoms with Gasteiger partial charge in [-0.05, 0) is 0 Å². The van der Waals surface area contributed by atoms with E-state index in [0.717, 1.165) is 12.8 Å². The first kappa shape index (κ1) is 11.0. The van der Waals surface area contributed by atoms with Crippen LogP contribution in [0.1, 0.15) is 39.0 Å². The van der Waals surface area contributed by atoms with E-state index < -0.39 is 8.07 Å². The lowest BCUT2D eigenvalue weighted by Crippen LogP contribution is -2.34. The summed E-state index contributed by atoms with van der Waals surface area (Å²) in [6.07, 6.45) is 5.91. The molecule has 1 heterocycles. The summed E-state index contributed by atoms with van der Waals surface area (Å²) in [5.74, 6) is 0.514. The quantitative estimate of drug-likeness (QED) is 0.498. The standard InChI is InChI=1S/C11H22OSi/c1-3-4-5-8-13(2)9-6-11(12)7-10-13/h3-10H2,1-2H3. The zero-order valence-electron chi connectivity index (χ0n) is 9.07. The zero-order valence-corrected chi connectivity index (χ0v) is 10.1. The molecule has 0 radical (unpaired) electrons. The normalized spacial score (nSPS) is 21.8. The molecular weight excluding hydrogens is 176 g/mol. The maximum absolute atomic E-state index is 11.1. The smallest absolute Gasteiger partial charge is 0.132 e. The van der Waals surface area contributed by atoms with Gasteiger partial charge in [0.1, 0.15) is 5.78 Å². The summed E-state index contributed by atoms with van der Waals surface area (Å²) in [5, 5.41) is 0. The molecule has 1 fully saturated rings. The molecule has 13 heavy (non-hydrogen) atoms. The third kappa shape index (κ3) is 3.63. The number of ketones is 1. The van der Waals surface area contributed by atoms with Crippen molar-refractivity contribution in [3.8, 4) is 0 Å². The Balaban J connectivity index is 2.26. The van der Waals surface area contributed by atoms with E-state index in [0.29, 0.717) is 5.78 Å². The van der Waals surface area contributed by atoms with E-state index in [-0.39, 0.29) is 0 Å². The zero-order chi connectivity index (χ0) is 9.73. The summed E-state index contributed by atoms with van der Waals surface area (Å²) in [7, 11) is -0.936. The van der Waals surface area contributed by atoms with Crippen molar-refractivity contribution in [1.82, 2.24) is 0 Å². The molecule has 0 aromatic carbocycles. The van der Waals surface area contributed by atoms with Crippen LogP contribution in [0.2, 0.25) is 24.7 Å². The van der Waals surface area contributed by atoms with E-state index in [1.165, 1.54) is 37.4 Å². The van der Waals surface area contributed by atoms with Crippen molar-refractivity contribution in [3.63, 3.8) is 0 Å². The van der Waals surface area contributed by atoms with Gasteiger partial charge >= 0.3 is 0 Å². The molecule has 1 saturated heterocycles. The van der Waals surface area contributed by atoms with Gasteiger partial charge < -0.3 is 0 Å². The number of Topliss-reactive ketones (excluding diaryl/α,β-unsaturated/α-hetero) is 1. The first-order valence-corrected chi connectivity index (χ1v) is 8.80. The topological polar surface area (TPSA) is 17.1 Å². The molecule has 0 amide bonds. The van der Waals surface area contributed by atoms with E-state index in [2.05, 4.69) is 13.5 Å². The van der Waals surface area contributed by atoms with Crippen molar-refractivity contribution in [2.24, 2.45) is 0 Å². The van der Waals surface area contributed by atoms with Gasteiger partial charge in [0.2, 0.25) is 0 Å². The summed E-state index contributed by atoms with van der Waals surface area (Å²) < 4.78 is 0. The second-order valence-electron chi connectivity index (χ2n) is 4.81. The van der Waals surface area contributed by atoms with Gasteiger partial charge in [0.05, 0.1) is 8.07 Å². The Morgan fingerprint density at radius 2 is 1.85 bits per heavy atom. The average Bonchev–Trinajstić information content (AvgIpc) is 2.12. The number of carbonyl (C=O) groups is 1. The highest BCUT2D eigenvalue weighted by molar-refractivity contribution is 6.79. The fourth-order valence-corrected chi connectivity index (χ4v) is 5.80. The monoisotopic (exact) mass is 198 g/mol. The Hall–Kier alpha value is -0.113. The summed E-state index contributed by atoms with van der Waals surface area (Å²) in [5.41, 5.74) is 0. The van der Waals surface area contributed by atoms with Gasteiger partial charge in [0.25, 0.3) is 0 Å². The number of hydrogen-bond donors (Lipinski definition) is 0. The van der Waals surface area contributed by atoms with Crippen LogP contribution >= 0.6 is 0 Å². The third-order valence-corrected chi connectivity index (χ3v) is 7.87. The van der Waals surface area contributed by atoms with Gasteiger partial charge in [-0.1, -0.05) is 50.9 Å². The van der Waals surface area contributed by atoms with Crippen molar-refractivity contribution in [2.75, 3.05) is 0 Å². The fourth-order valence-electron chi connectivity index (χ4n) is 2.18. The number of rotatable bonds is 4. The first-order chi connectivity index (χ1) is 6.16. The van der Waals surface area contributed by atoms with Crippen LogP contribution in [-0.4, -0.2) is 13.9 Å². The third-order valence-electron chi connectivity index (χ3n) is 3.40. The number of hydrogen-bond acceptors (Lipinski definition) is 1. The Morgan fingerprint density at radius 1 is 1.23 bits per heavy atom. The van der Waals surface area contributed by atoms with Gasteiger partial charge in [0.15, 0.2) is 0 Å². The van der Waals surface area contributed by atoms with Gasteiger partial charge in [-0.3, -0.25) is 4.79 Å². The van der Waals surface area contributed by atoms with Crippen LogP contribution in [0.15, 0.2) is 0 Å². The molecule has 0 spiro atoms. The van der Waals surface area contributed by atoms with Crippen LogP contribution in [-0.2, 0) is 4.79 Å². The molecule has 1 nitrogen and oxygen atoms in total. The van der Waals surface area contributed by atoms with Crippen LogP contribution in [0.5, 0.6) is 0 Å². The van der Waals surface area contributed by atoms with Crippen molar-refractivity contribution < 1.29 is 4.79 Å². The Kier molecular flexibility index (Phi) is 4.17. The van der Waals surface area contributed by atoms with Crippen LogP contribution < -0.4 is 0 Å². The van der Waals surface area contributed by atoms with Crippen LogP contribution in [0.3, 0.4) is 0 Å². The van der Waals surface area contributed by atoms with E-state index in [1.54, 1.807) is 0 Å². The number of unbranched alkanes of at least 4 members (excludes halogenated alkanes) is 2. The van der Waals surface area contributed by atoms with Gasteiger partial charge in [0, 0.05) is 12.8 Å². The SMILES string of the molecule is CCCCC[Si]1(C)CCC(=O)CC1. The lowest BCUT2D eigenvalue weighted by molar-refractivity contribution is -0.118. The second-order valence-corrected chi connectivity index (χ2v) is 9.93. The molecule has 1 aliphatic rings. The maximum atomic E-state index is 11.1. The fraction of sp³-hybridized carbons (Fsp3) is 0.909. The lowest BCUT2D eigenvalue weighted by Gasteiger charge is -2.30. The second kappa shape index (κ2) is 4.94. The van der Waals surface area contributed by atoms with Crippen LogP contribution in [0, 0.1) is 0 Å². The first-order valence-electron chi connectivity index (χ1n) is 5.68. The Bertz CT molecular complexity index is 167. The highest BCUT2D eigenvalue weighted by Gasteiger charge is 2.31. The van der Waals surface area contributed by atoms with Crippen LogP contribution in [0.4, 0.5) is 0 Å². The highest BCUT2D eigenvalue weighted by Crippen LogP contribution is 2.31. The van der Waals surface area contributed by atoms with E-state index >= 15 is 0 Å². The van der Waals surface area contributed by atoms with E-state index in [1.807, 2.05) is 0 Å². The van der Waals surface area contributed by atoms with E-state index in [9.17, 15) is 4.79 Å². The van der Waals surface area contributed by atoms with Crippen molar-refractivity contribution in [3.05, 3.63) is 0 Å². The molecule has 0 atom stereocenters. The number of carbonyl (C=O) groups excluding carboxylic acids is 1. The maximum Gasteiger partial charge on any atom is 0.132 e. The minimum absolute atomic E-state index is 0.514. The molecular formula is C11H22OSi. The Morgan fingerprint density at radius 3 is 2.38 bits per heavy atom. The molecule has 0 aromatic heterocycles. The summed E-state index contributed by atoms with van der Waals surface area (Å²) >= 11 is 0. The molecule has 76 valence electrons. The predicted molar refractivity (Wildman–Crippen MR) is 59.8 cm³/mol. The van der Waals surface area contributed by atoms with E-state index in [4.69, 9.17) is 0 Å². The van der Waals surface area contributed by atoms with Gasteiger partial charge in [-0.25, -0.2) is 0 Å². The Labute approximate surface area is 82.9 Å². The molecule has 0 aromatic rings. The minimum Gasteiger partial charge on any atom is -0.300 e. The molecule has 1 aliphatic heterocycles. The van der Waals surface area contributed by atoms with Gasteiger partial charge in [-0.2, -0.15) is 0 Å². The molecule has 0 saturated carbocycles. The predicted octanol–water partition coefficient (Wildman–Crippen LogP) is 3.62. The van der Waals surface area contributed by atoms with Crippen molar-refractivity contribution in [2.45, 2.75) is 63.7 Å². The van der Waals surface area contributed by atoms with Gasteiger partial charge in [-0.15, -0.1) is 0 Å². The molecule has 1 rings (SSSR count). The minimum atomic E-state index is -0.936. The van der Waals surface area contributed by atoms with Crippen molar-refractivity contribution >= 4 is 13.9 Å². The van der Waals surface area contributed by atoms with Crippen molar-refractivity contribution in [1.29, 1.82) is 0 Å². The molecule has 0 unspecified atom stereocenters. The average molecular weight is 198 g/mol. The lowest BCUT2D eigenvalue weighted by atomic mass is 10.2. The highest BCUT2D eigenvalue weighted by atomic mass is 28.3. The molecule has 2 heteroatoms.